The Balaban J connectivity index is 1.65. The summed E-state index contributed by atoms with van der Waals surface area (Å²) < 4.78 is 22.3. The van der Waals surface area contributed by atoms with E-state index in [-0.39, 0.29) is 23.9 Å². The van der Waals surface area contributed by atoms with Gasteiger partial charge in [-0.1, -0.05) is 19.1 Å². The first-order valence-electron chi connectivity index (χ1n) is 9.52. The fraction of sp³-hybridized carbons (Fsp3) is 0.619. The highest BCUT2D eigenvalue weighted by Gasteiger charge is 2.75. The number of allylic oxidation sites excluding steroid dienone is 2. The third-order valence-corrected chi connectivity index (χ3v) is 8.27. The van der Waals surface area contributed by atoms with Crippen molar-refractivity contribution in [1.82, 2.24) is 0 Å². The van der Waals surface area contributed by atoms with Gasteiger partial charge in [0.05, 0.1) is 17.4 Å². The molecule has 27 heavy (non-hydrogen) atoms. The number of hydrogen-bond donors (Lipinski definition) is 2. The molecule has 2 N–H and O–H groups in total. The quantitative estimate of drug-likeness (QED) is 0.689. The zero-order chi connectivity index (χ0) is 19.5. The molecule has 5 rings (SSSR count). The van der Waals surface area contributed by atoms with E-state index in [9.17, 15) is 19.8 Å². The minimum Gasteiger partial charge on any atom is -0.481 e. The van der Waals surface area contributed by atoms with E-state index in [0.29, 0.717) is 36.2 Å². The fourth-order valence-corrected chi connectivity index (χ4v) is 7.00. The monoisotopic (exact) mass is 374 g/mol. The Morgan fingerprint density at radius 3 is 2.74 bits per heavy atom. The molecular weight excluding hydrogens is 351 g/mol. The number of hydrogen-bond acceptors (Lipinski definition) is 4. The molecule has 0 aromatic heterocycles. The number of ketones is 1. The number of fused-ring (bicyclic) bond motifs is 6. The van der Waals surface area contributed by atoms with Crippen LogP contribution in [0.3, 0.4) is 0 Å². The lowest BCUT2D eigenvalue weighted by Gasteiger charge is -2.60. The number of aliphatic carboxylic acids is 1. The second-order valence-electron chi connectivity index (χ2n) is 9.30. The molecule has 6 heteroatoms. The first-order valence-corrected chi connectivity index (χ1v) is 9.52. The summed E-state index contributed by atoms with van der Waals surface area (Å²) in [4.78, 5) is 23.9. The molecule has 0 spiro atoms. The molecule has 0 aromatic carbocycles. The second kappa shape index (κ2) is 4.72. The average molecular weight is 374 g/mol. The van der Waals surface area contributed by atoms with Gasteiger partial charge in [0, 0.05) is 5.92 Å². The van der Waals surface area contributed by atoms with Gasteiger partial charge in [-0.3, -0.25) is 9.59 Å². The lowest BCUT2D eigenvalue weighted by molar-refractivity contribution is -0.201. The molecule has 0 saturated heterocycles. The van der Waals surface area contributed by atoms with Crippen molar-refractivity contribution >= 4 is 11.8 Å². The van der Waals surface area contributed by atoms with Crippen molar-refractivity contribution < 1.29 is 28.9 Å². The van der Waals surface area contributed by atoms with E-state index in [4.69, 9.17) is 4.74 Å². The van der Waals surface area contributed by atoms with Gasteiger partial charge in [-0.25, -0.2) is 4.39 Å². The predicted octanol–water partition coefficient (Wildman–Crippen LogP) is 2.91. The molecule has 0 bridgehead atoms. The molecular formula is C21H23FO5. The lowest BCUT2D eigenvalue weighted by Crippen LogP contribution is -2.67. The van der Waals surface area contributed by atoms with E-state index in [0.717, 1.165) is 0 Å². The number of aliphatic hydroxyl groups is 1. The third-order valence-electron chi connectivity index (χ3n) is 8.27. The van der Waals surface area contributed by atoms with Gasteiger partial charge >= 0.3 is 5.97 Å². The van der Waals surface area contributed by atoms with Gasteiger partial charge in [-0.15, -0.1) is 0 Å². The van der Waals surface area contributed by atoms with Gasteiger partial charge in [-0.05, 0) is 55.6 Å². The SMILES string of the molecule is C=C1C[C@H]2[C@@H]3CCC4=CC(=O)C5=C(O5)[C@]4(C)[C@@]3(F)[C@@H](O)C[C@]2(C)[C@@H]1C(=O)O. The van der Waals surface area contributed by atoms with E-state index in [1.165, 1.54) is 6.08 Å². The van der Waals surface area contributed by atoms with Gasteiger partial charge < -0.3 is 14.9 Å². The lowest BCUT2D eigenvalue weighted by atomic mass is 9.45. The molecule has 3 saturated carbocycles. The zero-order valence-corrected chi connectivity index (χ0v) is 15.4. The summed E-state index contributed by atoms with van der Waals surface area (Å²) in [6, 6.07) is 0. The van der Waals surface area contributed by atoms with Gasteiger partial charge in [0.1, 0.15) is 0 Å². The summed E-state index contributed by atoms with van der Waals surface area (Å²) in [7, 11) is 0. The molecule has 0 unspecified atom stereocenters. The van der Waals surface area contributed by atoms with Crippen molar-refractivity contribution in [2.24, 2.45) is 28.6 Å². The van der Waals surface area contributed by atoms with E-state index < -0.39 is 40.4 Å². The molecule has 0 radical (unpaired) electrons. The number of halogens is 1. The molecule has 4 aliphatic carbocycles. The first-order chi connectivity index (χ1) is 12.6. The van der Waals surface area contributed by atoms with E-state index in [1.54, 1.807) is 6.92 Å². The molecule has 5 aliphatic rings. The summed E-state index contributed by atoms with van der Waals surface area (Å²) in [6.45, 7) is 7.55. The normalized spacial score (nSPS) is 50.1. The van der Waals surface area contributed by atoms with Crippen LogP contribution in [0.15, 0.2) is 35.3 Å². The Kier molecular flexibility index (Phi) is 3.00. The minimum atomic E-state index is -1.99. The molecule has 3 fully saturated rings. The first kappa shape index (κ1) is 17.2. The number of aliphatic hydroxyl groups excluding tert-OH is 1. The van der Waals surface area contributed by atoms with Crippen LogP contribution in [0.5, 0.6) is 0 Å². The molecule has 1 heterocycles. The number of carboxylic acids is 1. The molecule has 0 amide bonds. The largest absolute Gasteiger partial charge is 0.481 e. The van der Waals surface area contributed by atoms with Crippen molar-refractivity contribution in [1.29, 1.82) is 0 Å². The van der Waals surface area contributed by atoms with E-state index >= 15 is 4.39 Å². The Labute approximate surface area is 156 Å². The van der Waals surface area contributed by atoms with Crippen LogP contribution in [0, 0.1) is 28.6 Å². The summed E-state index contributed by atoms with van der Waals surface area (Å²) in [5, 5.41) is 20.8. The van der Waals surface area contributed by atoms with Crippen molar-refractivity contribution in [2.45, 2.75) is 51.3 Å². The fourth-order valence-electron chi connectivity index (χ4n) is 7.00. The molecule has 0 aromatic rings. The number of ether oxygens (including phenoxy) is 1. The molecule has 5 nitrogen and oxygen atoms in total. The van der Waals surface area contributed by atoms with Crippen LogP contribution < -0.4 is 0 Å². The van der Waals surface area contributed by atoms with Crippen LogP contribution in [0.2, 0.25) is 0 Å². The number of alkyl halides is 1. The van der Waals surface area contributed by atoms with Crippen molar-refractivity contribution in [3.8, 4) is 0 Å². The third kappa shape index (κ3) is 1.70. The number of carboxylic acid groups (broad SMARTS) is 1. The van der Waals surface area contributed by atoms with Gasteiger partial charge in [0.2, 0.25) is 11.5 Å². The number of carbonyl (C=O) groups excluding carboxylic acids is 1. The summed E-state index contributed by atoms with van der Waals surface area (Å²) in [5.41, 5.74) is -2.60. The number of rotatable bonds is 1. The Morgan fingerprint density at radius 1 is 1.37 bits per heavy atom. The standard InChI is InChI=1S/C21H23FO5/c1-9-6-12-11-5-4-10-7-13(23)16-17(27-16)20(10,3)21(11,22)14(24)8-19(12,2)15(9)18(25)26/h7,11-12,14-15,24H,1,4-6,8H2,2-3H3,(H,25,26)/t11-,12-,14-,15-,19-,20+,21-/m0/s1. The maximum Gasteiger partial charge on any atom is 0.311 e. The Hall–Kier alpha value is -1.95. The summed E-state index contributed by atoms with van der Waals surface area (Å²) >= 11 is 0. The highest BCUT2D eigenvalue weighted by atomic mass is 19.1. The van der Waals surface area contributed by atoms with Gasteiger partial charge in [0.25, 0.3) is 0 Å². The van der Waals surface area contributed by atoms with Crippen LogP contribution in [0.4, 0.5) is 4.39 Å². The van der Waals surface area contributed by atoms with E-state index in [1.807, 2.05) is 6.92 Å². The van der Waals surface area contributed by atoms with Gasteiger partial charge in [0.15, 0.2) is 11.4 Å². The number of carbonyl (C=O) groups is 2. The van der Waals surface area contributed by atoms with Crippen LogP contribution in [-0.4, -0.2) is 33.7 Å². The topological polar surface area (TPSA) is 87.1 Å². The zero-order valence-electron chi connectivity index (χ0n) is 15.4. The second-order valence-corrected chi connectivity index (χ2v) is 9.30. The van der Waals surface area contributed by atoms with Crippen LogP contribution in [0.1, 0.15) is 39.5 Å². The van der Waals surface area contributed by atoms with Crippen LogP contribution >= 0.6 is 0 Å². The highest BCUT2D eigenvalue weighted by molar-refractivity contribution is 6.07. The van der Waals surface area contributed by atoms with Crippen molar-refractivity contribution in [3.05, 3.63) is 35.3 Å². The Bertz CT molecular complexity index is 887. The van der Waals surface area contributed by atoms with Gasteiger partial charge in [-0.2, -0.15) is 0 Å². The molecule has 7 atom stereocenters. The predicted molar refractivity (Wildman–Crippen MR) is 93.0 cm³/mol. The summed E-state index contributed by atoms with van der Waals surface area (Å²) in [5.74, 6) is -2.12. The molecule has 1 aliphatic heterocycles. The molecule has 144 valence electrons. The Morgan fingerprint density at radius 2 is 2.07 bits per heavy atom. The maximum atomic E-state index is 16.9. The van der Waals surface area contributed by atoms with Crippen LogP contribution in [0.25, 0.3) is 0 Å². The van der Waals surface area contributed by atoms with Crippen molar-refractivity contribution in [3.63, 3.8) is 0 Å². The highest BCUT2D eigenvalue weighted by Crippen LogP contribution is 2.72. The minimum absolute atomic E-state index is 0.0556. The van der Waals surface area contributed by atoms with Crippen molar-refractivity contribution in [2.75, 3.05) is 0 Å². The van der Waals surface area contributed by atoms with Crippen LogP contribution in [-0.2, 0) is 14.3 Å². The van der Waals surface area contributed by atoms with E-state index in [2.05, 4.69) is 6.58 Å². The summed E-state index contributed by atoms with van der Waals surface area (Å²) in [6.07, 6.45) is 1.67. The average Bonchev–Trinajstić information content (AvgIpc) is 3.32. The smallest absolute Gasteiger partial charge is 0.311 e. The maximum absolute atomic E-state index is 16.9.